The Bertz CT molecular complexity index is 1220. The summed E-state index contributed by atoms with van der Waals surface area (Å²) in [6.07, 6.45) is 0.841. The van der Waals surface area contributed by atoms with E-state index in [0.717, 1.165) is 5.13 Å². The lowest BCUT2D eigenvalue weighted by molar-refractivity contribution is -0.384. The molecule has 162 valence electrons. The standard InChI is InChI=1S/C20H17ClFN3O4S2/c21-17-6-1-13(11-18(17)22)19-12-30-20(23-19)24-9-7-16(8-10-24)31(28,29)15-4-2-14(3-5-15)25(26)27/h1-6,11-12,16H,7-10H2. The smallest absolute Gasteiger partial charge is 0.269 e. The van der Waals surface area contributed by atoms with Gasteiger partial charge in [0.15, 0.2) is 15.0 Å². The molecule has 4 rings (SSSR count). The summed E-state index contributed by atoms with van der Waals surface area (Å²) in [7, 11) is -3.58. The molecule has 0 saturated carbocycles. The van der Waals surface area contributed by atoms with Gasteiger partial charge >= 0.3 is 0 Å². The molecule has 0 atom stereocenters. The van der Waals surface area contributed by atoms with Crippen molar-refractivity contribution in [2.24, 2.45) is 0 Å². The molecule has 1 fully saturated rings. The molecular formula is C20H17ClFN3O4S2. The Morgan fingerprint density at radius 3 is 2.45 bits per heavy atom. The van der Waals surface area contributed by atoms with Gasteiger partial charge in [0.1, 0.15) is 5.82 Å². The molecule has 0 aliphatic carbocycles. The fourth-order valence-electron chi connectivity index (χ4n) is 3.50. The number of piperidine rings is 1. The fraction of sp³-hybridized carbons (Fsp3) is 0.250. The summed E-state index contributed by atoms with van der Waals surface area (Å²) in [6, 6.07) is 9.52. The predicted molar refractivity (Wildman–Crippen MR) is 118 cm³/mol. The van der Waals surface area contributed by atoms with Gasteiger partial charge in [-0.15, -0.1) is 11.3 Å². The number of nitro benzene ring substituents is 1. The first-order chi connectivity index (χ1) is 14.8. The number of nitro groups is 1. The molecule has 1 aliphatic rings. The van der Waals surface area contributed by atoms with Crippen LogP contribution in [0.15, 0.2) is 52.7 Å². The molecule has 0 N–H and O–H groups in total. The lowest BCUT2D eigenvalue weighted by atomic mass is 10.1. The number of anilines is 1. The Kier molecular flexibility index (Phi) is 5.96. The van der Waals surface area contributed by atoms with Crippen LogP contribution in [0.3, 0.4) is 0 Å². The van der Waals surface area contributed by atoms with E-state index in [4.69, 9.17) is 11.6 Å². The van der Waals surface area contributed by atoms with Crippen LogP contribution in [-0.2, 0) is 9.84 Å². The molecule has 31 heavy (non-hydrogen) atoms. The van der Waals surface area contributed by atoms with Crippen molar-refractivity contribution in [3.8, 4) is 11.3 Å². The van der Waals surface area contributed by atoms with Crippen molar-refractivity contribution in [2.45, 2.75) is 23.0 Å². The molecule has 3 aromatic rings. The number of hydrogen-bond acceptors (Lipinski definition) is 7. The number of sulfone groups is 1. The zero-order chi connectivity index (χ0) is 22.2. The summed E-state index contributed by atoms with van der Waals surface area (Å²) >= 11 is 7.15. The van der Waals surface area contributed by atoms with E-state index in [2.05, 4.69) is 4.98 Å². The van der Waals surface area contributed by atoms with Gasteiger partial charge in [-0.3, -0.25) is 10.1 Å². The number of non-ortho nitro benzene ring substituents is 1. The van der Waals surface area contributed by atoms with E-state index in [1.54, 1.807) is 6.07 Å². The summed E-state index contributed by atoms with van der Waals surface area (Å²) < 4.78 is 39.6. The normalized spacial score (nSPS) is 15.2. The maximum absolute atomic E-state index is 13.7. The monoisotopic (exact) mass is 481 g/mol. The maximum Gasteiger partial charge on any atom is 0.269 e. The van der Waals surface area contributed by atoms with Crippen molar-refractivity contribution in [1.29, 1.82) is 0 Å². The molecule has 1 saturated heterocycles. The Balaban J connectivity index is 1.44. The number of thiazole rings is 1. The molecule has 0 bridgehead atoms. The summed E-state index contributed by atoms with van der Waals surface area (Å²) in [4.78, 5) is 16.9. The SMILES string of the molecule is O=[N+]([O-])c1ccc(S(=O)(=O)C2CCN(c3nc(-c4ccc(Cl)c(F)c4)cs3)CC2)cc1. The van der Waals surface area contributed by atoms with Gasteiger partial charge in [0, 0.05) is 36.2 Å². The number of hydrogen-bond donors (Lipinski definition) is 0. The highest BCUT2D eigenvalue weighted by molar-refractivity contribution is 7.92. The van der Waals surface area contributed by atoms with Crippen molar-refractivity contribution in [1.82, 2.24) is 4.98 Å². The third-order valence-corrected chi connectivity index (χ3v) is 8.72. The van der Waals surface area contributed by atoms with Gasteiger partial charge in [0.2, 0.25) is 0 Å². The number of aromatic nitrogens is 1. The van der Waals surface area contributed by atoms with Gasteiger partial charge < -0.3 is 4.90 Å². The molecular weight excluding hydrogens is 465 g/mol. The molecule has 2 heterocycles. The van der Waals surface area contributed by atoms with E-state index in [1.165, 1.54) is 47.7 Å². The summed E-state index contributed by atoms with van der Waals surface area (Å²) in [5.74, 6) is -0.508. The summed E-state index contributed by atoms with van der Waals surface area (Å²) in [6.45, 7) is 1.03. The second kappa shape index (κ2) is 8.52. The Morgan fingerprint density at radius 1 is 1.16 bits per heavy atom. The van der Waals surface area contributed by atoms with Gasteiger partial charge in [-0.1, -0.05) is 17.7 Å². The molecule has 0 spiro atoms. The third-order valence-electron chi connectivity index (χ3n) is 5.23. The lowest BCUT2D eigenvalue weighted by Crippen LogP contribution is -2.39. The molecule has 7 nitrogen and oxygen atoms in total. The number of benzene rings is 2. The highest BCUT2D eigenvalue weighted by atomic mass is 35.5. The zero-order valence-corrected chi connectivity index (χ0v) is 18.5. The predicted octanol–water partition coefficient (Wildman–Crippen LogP) is 4.95. The number of halogens is 2. The lowest BCUT2D eigenvalue weighted by Gasteiger charge is -2.31. The first-order valence-electron chi connectivity index (χ1n) is 9.40. The first-order valence-corrected chi connectivity index (χ1v) is 12.2. The van der Waals surface area contributed by atoms with E-state index >= 15 is 0 Å². The highest BCUT2D eigenvalue weighted by Crippen LogP contribution is 2.33. The van der Waals surface area contributed by atoms with Crippen molar-refractivity contribution in [2.75, 3.05) is 18.0 Å². The quantitative estimate of drug-likeness (QED) is 0.378. The van der Waals surface area contributed by atoms with Gasteiger partial charge in [-0.05, 0) is 37.1 Å². The average molecular weight is 482 g/mol. The van der Waals surface area contributed by atoms with Crippen LogP contribution < -0.4 is 4.90 Å². The topological polar surface area (TPSA) is 93.4 Å². The molecule has 11 heteroatoms. The van der Waals surface area contributed by atoms with E-state index in [0.29, 0.717) is 37.2 Å². The van der Waals surface area contributed by atoms with Crippen LogP contribution in [0.1, 0.15) is 12.8 Å². The molecule has 0 unspecified atom stereocenters. The van der Waals surface area contributed by atoms with Crippen molar-refractivity contribution in [3.63, 3.8) is 0 Å². The van der Waals surface area contributed by atoms with Gasteiger partial charge in [0.25, 0.3) is 5.69 Å². The minimum absolute atomic E-state index is 0.0514. The molecule has 2 aromatic carbocycles. The van der Waals surface area contributed by atoms with E-state index in [1.807, 2.05) is 10.3 Å². The summed E-state index contributed by atoms with van der Waals surface area (Å²) in [5, 5.41) is 12.8. The minimum atomic E-state index is -3.58. The Hall–Kier alpha value is -2.56. The maximum atomic E-state index is 13.7. The van der Waals surface area contributed by atoms with Crippen molar-refractivity contribution < 1.29 is 17.7 Å². The van der Waals surface area contributed by atoms with Crippen LogP contribution in [0.2, 0.25) is 5.02 Å². The highest BCUT2D eigenvalue weighted by Gasteiger charge is 2.32. The molecule has 1 aromatic heterocycles. The van der Waals surface area contributed by atoms with Gasteiger partial charge in [-0.2, -0.15) is 0 Å². The van der Waals surface area contributed by atoms with Crippen LogP contribution in [0.4, 0.5) is 15.2 Å². The van der Waals surface area contributed by atoms with Crippen molar-refractivity contribution in [3.05, 3.63) is 68.8 Å². The second-order valence-electron chi connectivity index (χ2n) is 7.13. The number of rotatable bonds is 5. The van der Waals surface area contributed by atoms with Crippen LogP contribution in [0.5, 0.6) is 0 Å². The van der Waals surface area contributed by atoms with Gasteiger partial charge in [0.05, 0.1) is 25.8 Å². The van der Waals surface area contributed by atoms with Crippen LogP contribution in [0, 0.1) is 15.9 Å². The van der Waals surface area contributed by atoms with E-state index < -0.39 is 25.8 Å². The van der Waals surface area contributed by atoms with E-state index in [-0.39, 0.29) is 15.6 Å². The Morgan fingerprint density at radius 2 is 1.84 bits per heavy atom. The van der Waals surface area contributed by atoms with E-state index in [9.17, 15) is 22.9 Å². The number of nitrogens with zero attached hydrogens (tertiary/aromatic N) is 3. The summed E-state index contributed by atoms with van der Waals surface area (Å²) in [5.41, 5.74) is 1.12. The van der Waals surface area contributed by atoms with Crippen LogP contribution in [-0.4, -0.2) is 36.7 Å². The largest absolute Gasteiger partial charge is 0.348 e. The molecule has 0 radical (unpaired) electrons. The average Bonchev–Trinajstić information content (AvgIpc) is 3.26. The zero-order valence-electron chi connectivity index (χ0n) is 16.1. The third kappa shape index (κ3) is 4.41. The molecule has 1 aliphatic heterocycles. The Labute approximate surface area is 187 Å². The van der Waals surface area contributed by atoms with Crippen molar-refractivity contribution >= 4 is 43.6 Å². The minimum Gasteiger partial charge on any atom is -0.348 e. The van der Waals surface area contributed by atoms with Crippen LogP contribution >= 0.6 is 22.9 Å². The fourth-order valence-corrected chi connectivity index (χ4v) is 6.24. The van der Waals surface area contributed by atoms with Gasteiger partial charge in [-0.25, -0.2) is 17.8 Å². The van der Waals surface area contributed by atoms with Crippen LogP contribution in [0.25, 0.3) is 11.3 Å². The second-order valence-corrected chi connectivity index (χ2v) is 10.6. The molecule has 0 amide bonds. The first kappa shape index (κ1) is 21.7.